The van der Waals surface area contributed by atoms with Crippen molar-refractivity contribution in [3.05, 3.63) is 35.5 Å². The van der Waals surface area contributed by atoms with Crippen molar-refractivity contribution in [2.45, 2.75) is 31.4 Å². The van der Waals surface area contributed by atoms with E-state index in [-0.39, 0.29) is 12.1 Å². The third kappa shape index (κ3) is 1.62. The number of esters is 1. The summed E-state index contributed by atoms with van der Waals surface area (Å²) < 4.78 is 5.47. The van der Waals surface area contributed by atoms with Crippen LogP contribution in [-0.2, 0) is 16.0 Å². The highest BCUT2D eigenvalue weighted by Gasteiger charge is 2.45. The number of rotatable bonds is 0. The molecule has 1 N–H and O–H groups in total. The number of benzene rings is 1. The minimum atomic E-state index is -0.0123. The number of nitrogens with one attached hydrogen (secondary N) is 1. The van der Waals surface area contributed by atoms with Gasteiger partial charge in [0.2, 0.25) is 0 Å². The van der Waals surface area contributed by atoms with Gasteiger partial charge in [-0.25, -0.2) is 0 Å². The molecule has 0 unspecified atom stereocenters. The summed E-state index contributed by atoms with van der Waals surface area (Å²) in [6, 6.07) is 9.00. The number of fused-ring (bicyclic) bond motifs is 6. The molecule has 3 aliphatic heterocycles. The predicted octanol–water partition coefficient (Wildman–Crippen LogP) is 2.40. The second kappa shape index (κ2) is 4.10. The van der Waals surface area contributed by atoms with E-state index in [4.69, 9.17) is 4.74 Å². The second-order valence-corrected chi connectivity index (χ2v) is 6.55. The van der Waals surface area contributed by atoms with Crippen molar-refractivity contribution >= 4 is 16.9 Å². The first-order chi connectivity index (χ1) is 10.3. The number of aromatic nitrogens is 1. The summed E-state index contributed by atoms with van der Waals surface area (Å²) in [5, 5.41) is 1.37. The number of para-hydroxylation sites is 1. The second-order valence-electron chi connectivity index (χ2n) is 6.55. The molecule has 108 valence electrons. The molecule has 0 aliphatic carbocycles. The van der Waals surface area contributed by atoms with E-state index in [1.165, 1.54) is 22.2 Å². The Morgan fingerprint density at radius 3 is 3.14 bits per heavy atom. The van der Waals surface area contributed by atoms with E-state index < -0.39 is 0 Å². The molecule has 2 aromatic rings. The van der Waals surface area contributed by atoms with Gasteiger partial charge < -0.3 is 9.72 Å². The van der Waals surface area contributed by atoms with Crippen LogP contribution < -0.4 is 0 Å². The van der Waals surface area contributed by atoms with Gasteiger partial charge in [0, 0.05) is 35.6 Å². The van der Waals surface area contributed by atoms with Gasteiger partial charge in [0.05, 0.1) is 12.5 Å². The molecular formula is C17H18N2O2. The first-order valence-electron chi connectivity index (χ1n) is 7.82. The summed E-state index contributed by atoms with van der Waals surface area (Å²) in [5.41, 5.74) is 4.10. The van der Waals surface area contributed by atoms with Gasteiger partial charge >= 0.3 is 5.97 Å². The molecule has 1 aromatic carbocycles. The van der Waals surface area contributed by atoms with Crippen LogP contribution in [0.3, 0.4) is 0 Å². The van der Waals surface area contributed by atoms with Crippen molar-refractivity contribution in [1.82, 2.24) is 9.88 Å². The van der Waals surface area contributed by atoms with E-state index in [0.717, 1.165) is 25.9 Å². The first kappa shape index (κ1) is 11.8. The summed E-state index contributed by atoms with van der Waals surface area (Å²) in [7, 11) is 0. The number of ether oxygens (including phenoxy) is 1. The molecule has 2 fully saturated rings. The number of nitrogens with zero attached hydrogens (tertiary/aromatic N) is 1. The molecule has 3 atom stereocenters. The van der Waals surface area contributed by atoms with Crippen molar-refractivity contribution in [2.24, 2.45) is 5.92 Å². The SMILES string of the molecule is O=C1C[C@H]2C[C@H]3c4[nH]c5ccccc5c4CCN3C[C@H]2O1. The molecule has 4 heterocycles. The number of carbonyl (C=O) groups is 1. The van der Waals surface area contributed by atoms with Crippen LogP contribution in [0, 0.1) is 5.92 Å². The van der Waals surface area contributed by atoms with Gasteiger partial charge in [-0.3, -0.25) is 9.69 Å². The van der Waals surface area contributed by atoms with Gasteiger partial charge in [-0.15, -0.1) is 0 Å². The summed E-state index contributed by atoms with van der Waals surface area (Å²) >= 11 is 0. The van der Waals surface area contributed by atoms with E-state index >= 15 is 0 Å². The van der Waals surface area contributed by atoms with Crippen LogP contribution in [0.25, 0.3) is 10.9 Å². The Labute approximate surface area is 123 Å². The predicted molar refractivity (Wildman–Crippen MR) is 78.9 cm³/mol. The average molecular weight is 282 g/mol. The first-order valence-corrected chi connectivity index (χ1v) is 7.82. The third-order valence-corrected chi connectivity index (χ3v) is 5.45. The summed E-state index contributed by atoms with van der Waals surface area (Å²) in [4.78, 5) is 17.7. The van der Waals surface area contributed by atoms with Crippen molar-refractivity contribution in [3.63, 3.8) is 0 Å². The lowest BCUT2D eigenvalue weighted by atomic mass is 9.83. The summed E-state index contributed by atoms with van der Waals surface area (Å²) in [6.45, 7) is 1.97. The zero-order chi connectivity index (χ0) is 14.0. The van der Waals surface area contributed by atoms with Gasteiger partial charge in [-0.2, -0.15) is 0 Å². The van der Waals surface area contributed by atoms with Crippen molar-refractivity contribution in [1.29, 1.82) is 0 Å². The number of piperidine rings is 1. The Hall–Kier alpha value is -1.81. The zero-order valence-electron chi connectivity index (χ0n) is 11.8. The number of hydrogen-bond donors (Lipinski definition) is 1. The molecule has 0 amide bonds. The minimum Gasteiger partial charge on any atom is -0.461 e. The van der Waals surface area contributed by atoms with Crippen LogP contribution in [0.5, 0.6) is 0 Å². The van der Waals surface area contributed by atoms with Crippen LogP contribution in [0.2, 0.25) is 0 Å². The monoisotopic (exact) mass is 282 g/mol. The highest BCUT2D eigenvalue weighted by atomic mass is 16.6. The largest absolute Gasteiger partial charge is 0.461 e. The van der Waals surface area contributed by atoms with Crippen LogP contribution >= 0.6 is 0 Å². The molecule has 5 rings (SSSR count). The zero-order valence-corrected chi connectivity index (χ0v) is 11.8. The fourth-order valence-electron chi connectivity index (χ4n) is 4.45. The summed E-state index contributed by atoms with van der Waals surface area (Å²) in [6.07, 6.45) is 2.85. The lowest BCUT2D eigenvalue weighted by molar-refractivity contribution is -0.143. The third-order valence-electron chi connectivity index (χ3n) is 5.45. The lowest BCUT2D eigenvalue weighted by Crippen LogP contribution is -2.47. The molecular weight excluding hydrogens is 264 g/mol. The van der Waals surface area contributed by atoms with E-state index in [1.807, 2.05) is 0 Å². The number of aromatic amines is 1. The van der Waals surface area contributed by atoms with Crippen molar-refractivity contribution in [3.8, 4) is 0 Å². The molecule has 0 saturated carbocycles. The van der Waals surface area contributed by atoms with E-state index in [9.17, 15) is 4.79 Å². The molecule has 0 spiro atoms. The smallest absolute Gasteiger partial charge is 0.306 e. The highest BCUT2D eigenvalue weighted by Crippen LogP contribution is 2.44. The standard InChI is InChI=1S/C17H18N2O2/c20-16-8-10-7-14-17-12(5-6-19(14)9-15(10)21-16)11-3-1-2-4-13(11)18-17/h1-4,10,14-15,18H,5-9H2/t10-,14+,15-/m1/s1. The Bertz CT molecular complexity index is 735. The van der Waals surface area contributed by atoms with Crippen molar-refractivity contribution < 1.29 is 9.53 Å². The van der Waals surface area contributed by atoms with E-state index in [0.29, 0.717) is 18.4 Å². The van der Waals surface area contributed by atoms with Crippen LogP contribution in [-0.4, -0.2) is 35.0 Å². The fraction of sp³-hybridized carbons (Fsp3) is 0.471. The average Bonchev–Trinajstić information content (AvgIpc) is 3.03. The molecule has 1 aromatic heterocycles. The maximum atomic E-state index is 11.6. The Morgan fingerprint density at radius 1 is 1.29 bits per heavy atom. The lowest BCUT2D eigenvalue weighted by Gasteiger charge is -2.43. The topological polar surface area (TPSA) is 45.3 Å². The molecule has 2 saturated heterocycles. The van der Waals surface area contributed by atoms with Gasteiger partial charge in [0.15, 0.2) is 0 Å². The maximum Gasteiger partial charge on any atom is 0.306 e. The normalized spacial score (nSPS) is 31.6. The fourth-order valence-corrected chi connectivity index (χ4v) is 4.45. The van der Waals surface area contributed by atoms with Gasteiger partial charge in [0.1, 0.15) is 6.10 Å². The molecule has 4 heteroatoms. The number of H-pyrrole nitrogens is 1. The van der Waals surface area contributed by atoms with Crippen molar-refractivity contribution in [2.75, 3.05) is 13.1 Å². The summed E-state index contributed by atoms with van der Waals surface area (Å²) in [5.74, 6) is 0.387. The highest BCUT2D eigenvalue weighted by molar-refractivity contribution is 5.85. The number of hydrogen-bond acceptors (Lipinski definition) is 3. The van der Waals surface area contributed by atoms with Gasteiger partial charge in [0.25, 0.3) is 0 Å². The molecule has 3 aliphatic rings. The molecule has 0 bridgehead atoms. The van der Waals surface area contributed by atoms with Crippen LogP contribution in [0.15, 0.2) is 24.3 Å². The number of carbonyl (C=O) groups excluding carboxylic acids is 1. The Morgan fingerprint density at radius 2 is 2.19 bits per heavy atom. The molecule has 0 radical (unpaired) electrons. The maximum absolute atomic E-state index is 11.6. The van der Waals surface area contributed by atoms with Crippen LogP contribution in [0.1, 0.15) is 30.1 Å². The minimum absolute atomic E-state index is 0.0123. The Kier molecular flexibility index (Phi) is 2.31. The molecule has 21 heavy (non-hydrogen) atoms. The van der Waals surface area contributed by atoms with Gasteiger partial charge in [-0.1, -0.05) is 18.2 Å². The van der Waals surface area contributed by atoms with Crippen LogP contribution in [0.4, 0.5) is 0 Å². The molecule has 4 nitrogen and oxygen atoms in total. The quantitative estimate of drug-likeness (QED) is 0.755. The van der Waals surface area contributed by atoms with E-state index in [1.54, 1.807) is 0 Å². The van der Waals surface area contributed by atoms with E-state index in [2.05, 4.69) is 34.1 Å². The van der Waals surface area contributed by atoms with Gasteiger partial charge in [-0.05, 0) is 24.5 Å². The Balaban J connectivity index is 1.58.